The molecule has 0 aliphatic carbocycles. The molecule has 0 spiro atoms. The smallest absolute Gasteiger partial charge is 0.274 e. The minimum absolute atomic E-state index is 0.0396. The summed E-state index contributed by atoms with van der Waals surface area (Å²) in [6.45, 7) is 5.42. The van der Waals surface area contributed by atoms with Crippen molar-refractivity contribution in [2.75, 3.05) is 26.7 Å². The zero-order valence-electron chi connectivity index (χ0n) is 15.5. The first-order chi connectivity index (χ1) is 12.5. The van der Waals surface area contributed by atoms with Gasteiger partial charge in [-0.2, -0.15) is 5.10 Å². The number of H-pyrrole nitrogens is 1. The number of aromatic amines is 1. The third-order valence-corrected chi connectivity index (χ3v) is 5.55. The Labute approximate surface area is 160 Å². The van der Waals surface area contributed by atoms with Crippen LogP contribution in [0.3, 0.4) is 0 Å². The van der Waals surface area contributed by atoms with Gasteiger partial charge in [0.2, 0.25) is 0 Å². The first kappa shape index (κ1) is 18.9. The SMILES string of the molecule is Cc1cc(C(=O)N(CCC2CCN(C)CC2)Cc2ccccc2Cl)n[nH]1. The molecule has 1 amide bonds. The van der Waals surface area contributed by atoms with Gasteiger partial charge in [-0.3, -0.25) is 9.89 Å². The monoisotopic (exact) mass is 374 g/mol. The summed E-state index contributed by atoms with van der Waals surface area (Å²) in [4.78, 5) is 17.2. The highest BCUT2D eigenvalue weighted by Gasteiger charge is 2.22. The van der Waals surface area contributed by atoms with E-state index in [-0.39, 0.29) is 5.91 Å². The van der Waals surface area contributed by atoms with Gasteiger partial charge in [0.1, 0.15) is 5.69 Å². The Balaban J connectivity index is 1.70. The van der Waals surface area contributed by atoms with Crippen LogP contribution in [0.4, 0.5) is 0 Å². The number of nitrogens with one attached hydrogen (secondary N) is 1. The third-order valence-electron chi connectivity index (χ3n) is 5.18. The average molecular weight is 375 g/mol. The Kier molecular flexibility index (Phi) is 6.33. The normalized spacial score (nSPS) is 16.0. The fraction of sp³-hybridized carbons (Fsp3) is 0.500. The van der Waals surface area contributed by atoms with Crippen LogP contribution in [0.2, 0.25) is 5.02 Å². The second-order valence-corrected chi connectivity index (χ2v) is 7.70. The summed E-state index contributed by atoms with van der Waals surface area (Å²) < 4.78 is 0. The van der Waals surface area contributed by atoms with Crippen molar-refractivity contribution >= 4 is 17.5 Å². The van der Waals surface area contributed by atoms with Crippen LogP contribution in [0.15, 0.2) is 30.3 Å². The van der Waals surface area contributed by atoms with Gasteiger partial charge in [-0.25, -0.2) is 0 Å². The number of aryl methyl sites for hydroxylation is 1. The number of hydrogen-bond acceptors (Lipinski definition) is 3. The Morgan fingerprint density at radius 3 is 2.73 bits per heavy atom. The molecule has 0 unspecified atom stereocenters. The lowest BCUT2D eigenvalue weighted by molar-refractivity contribution is 0.0718. The van der Waals surface area contributed by atoms with Gasteiger partial charge in [0.15, 0.2) is 0 Å². The number of halogens is 1. The van der Waals surface area contributed by atoms with E-state index in [1.54, 1.807) is 6.07 Å². The number of nitrogens with zero attached hydrogens (tertiary/aromatic N) is 3. The largest absolute Gasteiger partial charge is 0.333 e. The Morgan fingerprint density at radius 2 is 2.08 bits per heavy atom. The van der Waals surface area contributed by atoms with Gasteiger partial charge in [-0.15, -0.1) is 0 Å². The van der Waals surface area contributed by atoms with E-state index in [2.05, 4.69) is 22.1 Å². The molecule has 6 heteroatoms. The zero-order chi connectivity index (χ0) is 18.5. The van der Waals surface area contributed by atoms with E-state index >= 15 is 0 Å². The number of carbonyl (C=O) groups excluding carboxylic acids is 1. The molecule has 3 rings (SSSR count). The maximum absolute atomic E-state index is 13.0. The molecule has 1 aliphatic heterocycles. The van der Waals surface area contributed by atoms with Crippen LogP contribution in [0.25, 0.3) is 0 Å². The number of carbonyl (C=O) groups is 1. The average Bonchev–Trinajstić information content (AvgIpc) is 3.07. The second-order valence-electron chi connectivity index (χ2n) is 7.29. The van der Waals surface area contributed by atoms with Crippen molar-refractivity contribution in [3.63, 3.8) is 0 Å². The van der Waals surface area contributed by atoms with Crippen molar-refractivity contribution in [3.8, 4) is 0 Å². The van der Waals surface area contributed by atoms with Crippen LogP contribution in [0.5, 0.6) is 0 Å². The van der Waals surface area contributed by atoms with Crippen molar-refractivity contribution in [2.24, 2.45) is 5.92 Å². The number of aromatic nitrogens is 2. The topological polar surface area (TPSA) is 52.2 Å². The van der Waals surface area contributed by atoms with Crippen molar-refractivity contribution < 1.29 is 4.79 Å². The third kappa shape index (κ3) is 4.86. The lowest BCUT2D eigenvalue weighted by atomic mass is 9.93. The summed E-state index contributed by atoms with van der Waals surface area (Å²) in [6, 6.07) is 9.52. The first-order valence-corrected chi connectivity index (χ1v) is 9.64. The maximum Gasteiger partial charge on any atom is 0.274 e. The van der Waals surface area contributed by atoms with Gasteiger partial charge in [0, 0.05) is 23.8 Å². The second kappa shape index (κ2) is 8.69. The van der Waals surface area contributed by atoms with Gasteiger partial charge in [0.25, 0.3) is 5.91 Å². The number of amides is 1. The summed E-state index contributed by atoms with van der Waals surface area (Å²) in [6.07, 6.45) is 3.42. The molecule has 140 valence electrons. The number of likely N-dealkylation sites (tertiary alicyclic amines) is 1. The standard InChI is InChI=1S/C20H27ClN4O/c1-15-13-19(23-22-15)20(26)25(14-17-5-3-4-6-18(17)21)12-9-16-7-10-24(2)11-8-16/h3-6,13,16H,7-12,14H2,1-2H3,(H,22,23). The Hall–Kier alpha value is -1.85. The van der Waals surface area contributed by atoms with Crippen molar-refractivity contribution in [1.82, 2.24) is 20.0 Å². The van der Waals surface area contributed by atoms with E-state index in [1.807, 2.05) is 36.1 Å². The van der Waals surface area contributed by atoms with Crippen molar-refractivity contribution in [2.45, 2.75) is 32.7 Å². The highest BCUT2D eigenvalue weighted by atomic mass is 35.5. The molecule has 0 bridgehead atoms. The van der Waals surface area contributed by atoms with Crippen molar-refractivity contribution in [3.05, 3.63) is 52.3 Å². The quantitative estimate of drug-likeness (QED) is 0.837. The minimum Gasteiger partial charge on any atom is -0.333 e. The van der Waals surface area contributed by atoms with E-state index in [1.165, 1.54) is 12.8 Å². The molecule has 1 saturated heterocycles. The molecule has 26 heavy (non-hydrogen) atoms. The highest BCUT2D eigenvalue weighted by molar-refractivity contribution is 6.31. The maximum atomic E-state index is 13.0. The lowest BCUT2D eigenvalue weighted by Crippen LogP contribution is -2.35. The Morgan fingerprint density at radius 1 is 1.35 bits per heavy atom. The number of benzene rings is 1. The molecule has 1 N–H and O–H groups in total. The van der Waals surface area contributed by atoms with E-state index < -0.39 is 0 Å². The molecule has 0 saturated carbocycles. The van der Waals surface area contributed by atoms with Crippen LogP contribution in [0, 0.1) is 12.8 Å². The fourth-order valence-corrected chi connectivity index (χ4v) is 3.66. The summed E-state index contributed by atoms with van der Waals surface area (Å²) in [5, 5.41) is 7.71. The predicted octanol–water partition coefficient (Wildman–Crippen LogP) is 3.75. The van der Waals surface area contributed by atoms with E-state index in [0.717, 1.165) is 37.3 Å². The molecule has 1 fully saturated rings. The minimum atomic E-state index is -0.0396. The number of rotatable bonds is 6. The number of hydrogen-bond donors (Lipinski definition) is 1. The Bertz CT molecular complexity index is 737. The summed E-state index contributed by atoms with van der Waals surface area (Å²) in [5.74, 6) is 0.635. The van der Waals surface area contributed by atoms with Gasteiger partial charge >= 0.3 is 0 Å². The molecular weight excluding hydrogens is 348 g/mol. The van der Waals surface area contributed by atoms with E-state index in [9.17, 15) is 4.79 Å². The van der Waals surface area contributed by atoms with Crippen LogP contribution in [-0.2, 0) is 6.54 Å². The number of piperidine rings is 1. The zero-order valence-corrected chi connectivity index (χ0v) is 16.3. The highest BCUT2D eigenvalue weighted by Crippen LogP contribution is 2.22. The van der Waals surface area contributed by atoms with Gasteiger partial charge < -0.3 is 9.80 Å². The molecule has 5 nitrogen and oxygen atoms in total. The molecule has 1 aromatic carbocycles. The molecule has 2 heterocycles. The molecule has 1 aliphatic rings. The van der Waals surface area contributed by atoms with E-state index in [4.69, 9.17) is 11.6 Å². The van der Waals surface area contributed by atoms with Crippen LogP contribution in [-0.4, -0.2) is 52.6 Å². The molecule has 0 radical (unpaired) electrons. The van der Waals surface area contributed by atoms with Crippen molar-refractivity contribution in [1.29, 1.82) is 0 Å². The van der Waals surface area contributed by atoms with E-state index in [0.29, 0.717) is 23.2 Å². The van der Waals surface area contributed by atoms with Crippen LogP contribution < -0.4 is 0 Å². The lowest BCUT2D eigenvalue weighted by Gasteiger charge is -2.31. The first-order valence-electron chi connectivity index (χ1n) is 9.26. The van der Waals surface area contributed by atoms with Gasteiger partial charge in [0.05, 0.1) is 0 Å². The summed E-state index contributed by atoms with van der Waals surface area (Å²) in [7, 11) is 2.17. The summed E-state index contributed by atoms with van der Waals surface area (Å²) in [5.41, 5.74) is 2.33. The van der Waals surface area contributed by atoms with Crippen LogP contribution in [0.1, 0.15) is 41.0 Å². The van der Waals surface area contributed by atoms with Gasteiger partial charge in [-0.05, 0) is 69.9 Å². The van der Waals surface area contributed by atoms with Gasteiger partial charge in [-0.1, -0.05) is 29.8 Å². The summed E-state index contributed by atoms with van der Waals surface area (Å²) >= 11 is 6.32. The molecule has 2 aromatic rings. The predicted molar refractivity (Wildman–Crippen MR) is 104 cm³/mol. The van der Waals surface area contributed by atoms with Crippen LogP contribution >= 0.6 is 11.6 Å². The molecule has 0 atom stereocenters. The fourth-order valence-electron chi connectivity index (χ4n) is 3.46. The molecule has 1 aromatic heterocycles. The molecular formula is C20H27ClN4O.